The average Bonchev–Trinajstić information content (AvgIpc) is 3.14. The topological polar surface area (TPSA) is 93.7 Å². The van der Waals surface area contributed by atoms with Crippen LogP contribution >= 0.6 is 0 Å². The molecule has 4 aromatic rings. The monoisotopic (exact) mass is 659 g/mol. The van der Waals surface area contributed by atoms with Gasteiger partial charge in [0.25, 0.3) is 5.91 Å². The summed E-state index contributed by atoms with van der Waals surface area (Å²) in [6.07, 6.45) is 8.87. The minimum Gasteiger partial charge on any atom is -0.338 e. The molecule has 2 aromatic carbocycles. The van der Waals surface area contributed by atoms with Gasteiger partial charge in [0.05, 0.1) is 16.9 Å². The lowest BCUT2D eigenvalue weighted by Crippen LogP contribution is -2.51. The highest BCUT2D eigenvalue weighted by Crippen LogP contribution is 2.25. The largest absolute Gasteiger partial charge is 0.338 e. The van der Waals surface area contributed by atoms with Crippen LogP contribution in [0.3, 0.4) is 0 Å². The normalized spacial score (nSPS) is 16.2. The van der Waals surface area contributed by atoms with Crippen molar-refractivity contribution in [2.24, 2.45) is 0 Å². The maximum Gasteiger partial charge on any atom is 0.255 e. The van der Waals surface area contributed by atoms with Gasteiger partial charge in [-0.1, -0.05) is 48.5 Å². The molecule has 256 valence electrons. The molecule has 0 spiro atoms. The Balaban J connectivity index is 0.954. The first kappa shape index (κ1) is 34.4. The Hall–Kier alpha value is -4.44. The molecule has 2 amide bonds. The molecule has 0 radical (unpaired) electrons. The van der Waals surface area contributed by atoms with Crippen molar-refractivity contribution in [2.75, 3.05) is 38.0 Å². The van der Waals surface area contributed by atoms with Crippen molar-refractivity contribution in [1.29, 1.82) is 0 Å². The van der Waals surface area contributed by atoms with E-state index in [0.29, 0.717) is 23.3 Å². The van der Waals surface area contributed by atoms with Crippen LogP contribution in [0.1, 0.15) is 65.5 Å². The summed E-state index contributed by atoms with van der Waals surface area (Å²) in [7, 11) is 0. The lowest BCUT2D eigenvalue weighted by Gasteiger charge is -2.42. The molecule has 0 atom stereocenters. The lowest BCUT2D eigenvalue weighted by atomic mass is 9.97. The van der Waals surface area contributed by atoms with Gasteiger partial charge in [0.1, 0.15) is 0 Å². The van der Waals surface area contributed by atoms with E-state index < -0.39 is 0 Å². The van der Waals surface area contributed by atoms with E-state index in [1.165, 1.54) is 18.1 Å². The molecule has 0 aliphatic carbocycles. The number of carbonyl (C=O) groups is 2. The van der Waals surface area contributed by atoms with Crippen LogP contribution in [0.5, 0.6) is 0 Å². The fraction of sp³-hybridized carbons (Fsp3) is 0.400. The smallest absolute Gasteiger partial charge is 0.255 e. The summed E-state index contributed by atoms with van der Waals surface area (Å²) in [6.45, 7) is 8.57. The van der Waals surface area contributed by atoms with Crippen LogP contribution in [0.25, 0.3) is 0 Å². The minimum absolute atomic E-state index is 0.000160. The van der Waals surface area contributed by atoms with E-state index in [1.54, 1.807) is 12.1 Å². The number of amides is 2. The second-order valence-electron chi connectivity index (χ2n) is 13.4. The second kappa shape index (κ2) is 17.3. The lowest BCUT2D eigenvalue weighted by molar-refractivity contribution is -0.114. The molecule has 2 N–H and O–H groups in total. The maximum absolute atomic E-state index is 13.3. The zero-order chi connectivity index (χ0) is 33.8. The molecular formula is C40H49N7O2. The first-order valence-corrected chi connectivity index (χ1v) is 17.7. The van der Waals surface area contributed by atoms with Crippen molar-refractivity contribution in [1.82, 2.24) is 30.0 Å². The van der Waals surface area contributed by atoms with Gasteiger partial charge in [-0.2, -0.15) is 0 Å². The molecule has 2 aliphatic heterocycles. The molecule has 0 bridgehead atoms. The van der Waals surface area contributed by atoms with Gasteiger partial charge in [-0.25, -0.2) is 0 Å². The van der Waals surface area contributed by atoms with E-state index in [0.717, 1.165) is 95.9 Å². The van der Waals surface area contributed by atoms with Gasteiger partial charge in [-0.05, 0) is 86.3 Å². The summed E-state index contributed by atoms with van der Waals surface area (Å²) in [5.74, 6) is -0.169. The van der Waals surface area contributed by atoms with Crippen molar-refractivity contribution in [3.63, 3.8) is 0 Å². The highest BCUT2D eigenvalue weighted by atomic mass is 16.2. The molecule has 2 fully saturated rings. The van der Waals surface area contributed by atoms with Crippen LogP contribution in [0.2, 0.25) is 0 Å². The van der Waals surface area contributed by atoms with Gasteiger partial charge in [-0.3, -0.25) is 24.5 Å². The molecule has 0 saturated carbocycles. The van der Waals surface area contributed by atoms with Gasteiger partial charge in [0.15, 0.2) is 0 Å². The molecule has 0 unspecified atom stereocenters. The Morgan fingerprint density at radius 2 is 1.47 bits per heavy atom. The summed E-state index contributed by atoms with van der Waals surface area (Å²) in [5, 5.41) is 6.65. The number of anilines is 1. The number of aromatic nitrogens is 2. The van der Waals surface area contributed by atoms with Crippen molar-refractivity contribution < 1.29 is 9.59 Å². The SMILES string of the molecule is CC(=O)Nc1ccccc1C(=O)N1CCC(N2CCC(NCc3cccc(CN(CCc4ccccn4)Cc4ccccn4)c3)CC2)CC1. The zero-order valence-corrected chi connectivity index (χ0v) is 28.6. The van der Waals surface area contributed by atoms with Crippen molar-refractivity contribution in [3.05, 3.63) is 125 Å². The predicted molar refractivity (Wildman–Crippen MR) is 194 cm³/mol. The number of pyridine rings is 2. The summed E-state index contributed by atoms with van der Waals surface area (Å²) >= 11 is 0. The van der Waals surface area contributed by atoms with Crippen LogP contribution in [0.4, 0.5) is 5.69 Å². The number of para-hydroxylation sites is 1. The van der Waals surface area contributed by atoms with Crippen molar-refractivity contribution >= 4 is 17.5 Å². The second-order valence-corrected chi connectivity index (χ2v) is 13.4. The standard InChI is InChI=1S/C40H49N7O2/c1-31(48)44-39-14-3-2-13-38(39)40(49)47-25-18-37(19-26-47)46-23-16-35(17-24-46)43-28-32-9-8-10-33(27-32)29-45(30-36-12-5-7-21-42-36)22-15-34-11-4-6-20-41-34/h2-14,20-21,27,35,37,43H,15-19,22-26,28-30H2,1H3,(H,44,48). The Morgan fingerprint density at radius 1 is 0.776 bits per heavy atom. The molecule has 2 aromatic heterocycles. The maximum atomic E-state index is 13.3. The van der Waals surface area contributed by atoms with Crippen molar-refractivity contribution in [2.45, 2.75) is 70.7 Å². The fourth-order valence-corrected chi connectivity index (χ4v) is 7.15. The van der Waals surface area contributed by atoms with Gasteiger partial charge in [0.2, 0.25) is 5.91 Å². The van der Waals surface area contributed by atoms with Gasteiger partial charge in [-0.15, -0.1) is 0 Å². The van der Waals surface area contributed by atoms with E-state index in [1.807, 2.05) is 41.6 Å². The molecule has 9 nitrogen and oxygen atoms in total. The van der Waals surface area contributed by atoms with Gasteiger partial charge in [0, 0.05) is 82.8 Å². The zero-order valence-electron chi connectivity index (χ0n) is 28.6. The Bertz CT molecular complexity index is 1630. The number of hydrogen-bond acceptors (Lipinski definition) is 7. The number of piperidine rings is 2. The summed E-state index contributed by atoms with van der Waals surface area (Å²) in [5.41, 5.74) is 5.98. The first-order valence-electron chi connectivity index (χ1n) is 17.7. The first-order chi connectivity index (χ1) is 24.0. The summed E-state index contributed by atoms with van der Waals surface area (Å²) in [6, 6.07) is 29.5. The van der Waals surface area contributed by atoms with E-state index in [9.17, 15) is 9.59 Å². The average molecular weight is 660 g/mol. The van der Waals surface area contributed by atoms with Crippen LogP contribution in [-0.2, 0) is 30.8 Å². The van der Waals surface area contributed by atoms with E-state index in [4.69, 9.17) is 0 Å². The third kappa shape index (κ3) is 10.0. The number of nitrogens with one attached hydrogen (secondary N) is 2. The highest BCUT2D eigenvalue weighted by molar-refractivity contribution is 6.03. The van der Waals surface area contributed by atoms with Crippen LogP contribution in [0, 0.1) is 0 Å². The third-order valence-electron chi connectivity index (χ3n) is 9.78. The van der Waals surface area contributed by atoms with Gasteiger partial charge >= 0.3 is 0 Å². The van der Waals surface area contributed by atoms with Crippen molar-refractivity contribution in [3.8, 4) is 0 Å². The molecule has 2 aliphatic rings. The molecule has 4 heterocycles. The quantitative estimate of drug-likeness (QED) is 0.195. The predicted octanol–water partition coefficient (Wildman–Crippen LogP) is 5.54. The molecule has 49 heavy (non-hydrogen) atoms. The Labute approximate surface area is 290 Å². The molecule has 2 saturated heterocycles. The Kier molecular flexibility index (Phi) is 12.1. The van der Waals surface area contributed by atoms with Crippen LogP contribution < -0.4 is 10.6 Å². The summed E-state index contributed by atoms with van der Waals surface area (Å²) in [4.78, 5) is 41.1. The number of rotatable bonds is 13. The van der Waals surface area contributed by atoms with Gasteiger partial charge < -0.3 is 20.4 Å². The van der Waals surface area contributed by atoms with Crippen LogP contribution in [-0.4, -0.2) is 81.3 Å². The van der Waals surface area contributed by atoms with Crippen LogP contribution in [0.15, 0.2) is 97.3 Å². The van der Waals surface area contributed by atoms with E-state index in [-0.39, 0.29) is 11.8 Å². The number of benzene rings is 2. The third-order valence-corrected chi connectivity index (χ3v) is 9.78. The number of nitrogens with zero attached hydrogens (tertiary/aromatic N) is 5. The molecular weight excluding hydrogens is 610 g/mol. The minimum atomic E-state index is -0.169. The number of likely N-dealkylation sites (tertiary alicyclic amines) is 2. The highest BCUT2D eigenvalue weighted by Gasteiger charge is 2.30. The molecule has 6 rings (SSSR count). The summed E-state index contributed by atoms with van der Waals surface area (Å²) < 4.78 is 0. The fourth-order valence-electron chi connectivity index (χ4n) is 7.15. The molecule has 9 heteroatoms. The van der Waals surface area contributed by atoms with E-state index in [2.05, 4.69) is 78.9 Å². The number of hydrogen-bond donors (Lipinski definition) is 2. The Morgan fingerprint density at radius 3 is 2.18 bits per heavy atom. The number of carbonyl (C=O) groups excluding carboxylic acids is 2. The van der Waals surface area contributed by atoms with E-state index >= 15 is 0 Å².